The third-order valence-electron chi connectivity index (χ3n) is 9.11. The summed E-state index contributed by atoms with van der Waals surface area (Å²) in [6.07, 6.45) is 12.1. The highest BCUT2D eigenvalue weighted by Gasteiger charge is 2.42. The summed E-state index contributed by atoms with van der Waals surface area (Å²) in [5, 5.41) is 5.95. The lowest BCUT2D eigenvalue weighted by atomic mass is 9.86. The van der Waals surface area contributed by atoms with Crippen molar-refractivity contribution < 1.29 is 4.79 Å². The minimum atomic E-state index is 0.302. The molecule has 1 N–H and O–H groups in total. The number of thiophene rings is 1. The van der Waals surface area contributed by atoms with Gasteiger partial charge in [-0.2, -0.15) is 5.10 Å². The van der Waals surface area contributed by atoms with Gasteiger partial charge < -0.3 is 4.98 Å². The molecule has 4 aromatic rings. The maximum Gasteiger partial charge on any atom is 0.158 e. The number of H-pyrrole nitrogens is 1. The van der Waals surface area contributed by atoms with Crippen LogP contribution in [0.3, 0.4) is 0 Å². The standard InChI is InChI=1S/C29H35N5OS/c1-15(2)24-25-17(4)27(18-10-19-8-9-20(11-18)33(19)12-16(3)35)36-29(25)32-26(24)23-13-34-28(30-14-31-34)22-7-5-6-21(22)23/h13-15,18-20,32H,5-12H2,1-4H3. The van der Waals surface area contributed by atoms with Crippen LogP contribution in [0.25, 0.3) is 27.1 Å². The van der Waals surface area contributed by atoms with Crippen molar-refractivity contribution in [1.82, 2.24) is 24.5 Å². The van der Waals surface area contributed by atoms with Crippen LogP contribution in [-0.2, 0) is 17.6 Å². The number of rotatable bonds is 5. The molecule has 2 bridgehead atoms. The minimum absolute atomic E-state index is 0.302. The third kappa shape index (κ3) is 3.28. The first-order chi connectivity index (χ1) is 17.4. The fraction of sp³-hybridized carbons (Fsp3) is 0.552. The molecule has 7 rings (SSSR count). The van der Waals surface area contributed by atoms with Crippen LogP contribution in [-0.4, -0.2) is 48.9 Å². The van der Waals surface area contributed by atoms with Crippen LogP contribution in [0.1, 0.15) is 91.8 Å². The summed E-state index contributed by atoms with van der Waals surface area (Å²) >= 11 is 1.99. The monoisotopic (exact) mass is 501 g/mol. The third-order valence-corrected chi connectivity index (χ3v) is 10.5. The number of Topliss-reactive ketones (excluding diaryl/α,β-unsaturated/α-hetero) is 1. The van der Waals surface area contributed by atoms with Gasteiger partial charge in [0, 0.05) is 39.7 Å². The van der Waals surface area contributed by atoms with E-state index in [-0.39, 0.29) is 0 Å². The molecule has 0 radical (unpaired) electrons. The highest BCUT2D eigenvalue weighted by Crippen LogP contribution is 2.50. The molecule has 2 atom stereocenters. The number of nitrogens with one attached hydrogen (secondary N) is 1. The number of hydrogen-bond acceptors (Lipinski definition) is 5. The number of aromatic amines is 1. The van der Waals surface area contributed by atoms with Gasteiger partial charge >= 0.3 is 0 Å². The predicted molar refractivity (Wildman–Crippen MR) is 145 cm³/mol. The van der Waals surface area contributed by atoms with Gasteiger partial charge in [0.25, 0.3) is 0 Å². The summed E-state index contributed by atoms with van der Waals surface area (Å²) in [5.41, 5.74) is 9.38. The number of aryl methyl sites for hydroxylation is 2. The first-order valence-corrected chi connectivity index (χ1v) is 14.5. The van der Waals surface area contributed by atoms with Gasteiger partial charge in [-0.15, -0.1) is 11.3 Å². The molecule has 6 nitrogen and oxygen atoms in total. The highest BCUT2D eigenvalue weighted by molar-refractivity contribution is 7.19. The molecule has 188 valence electrons. The van der Waals surface area contributed by atoms with Crippen molar-refractivity contribution in [2.75, 3.05) is 6.54 Å². The van der Waals surface area contributed by atoms with E-state index in [0.29, 0.717) is 36.2 Å². The van der Waals surface area contributed by atoms with Crippen LogP contribution < -0.4 is 0 Å². The number of ketones is 1. The molecule has 1 aliphatic carbocycles. The second-order valence-electron chi connectivity index (χ2n) is 11.7. The van der Waals surface area contributed by atoms with Crippen LogP contribution in [0.2, 0.25) is 0 Å². The van der Waals surface area contributed by atoms with Gasteiger partial charge in [-0.05, 0) is 87.3 Å². The van der Waals surface area contributed by atoms with Crippen LogP contribution in [0, 0.1) is 6.92 Å². The molecular weight excluding hydrogens is 466 g/mol. The van der Waals surface area contributed by atoms with Gasteiger partial charge in [-0.3, -0.25) is 9.69 Å². The van der Waals surface area contributed by atoms with E-state index in [9.17, 15) is 4.79 Å². The molecule has 2 fully saturated rings. The minimum Gasteiger partial charge on any atom is -0.346 e. The highest BCUT2D eigenvalue weighted by atomic mass is 32.1. The average Bonchev–Trinajstić information content (AvgIpc) is 3.62. The van der Waals surface area contributed by atoms with Crippen molar-refractivity contribution >= 4 is 33.0 Å². The Morgan fingerprint density at radius 3 is 2.67 bits per heavy atom. The number of fused-ring (bicyclic) bond motifs is 6. The molecule has 2 saturated heterocycles. The van der Waals surface area contributed by atoms with Gasteiger partial charge in [-0.25, -0.2) is 9.50 Å². The number of nitrogens with zero attached hydrogens (tertiary/aromatic N) is 4. The van der Waals surface area contributed by atoms with Crippen LogP contribution in [0.5, 0.6) is 0 Å². The number of piperidine rings is 1. The molecule has 2 aliphatic heterocycles. The zero-order chi connectivity index (χ0) is 24.7. The Balaban J connectivity index is 1.32. The van der Waals surface area contributed by atoms with Crippen LogP contribution in [0.15, 0.2) is 12.5 Å². The van der Waals surface area contributed by atoms with Gasteiger partial charge in [0.1, 0.15) is 16.9 Å². The van der Waals surface area contributed by atoms with Crippen molar-refractivity contribution in [3.05, 3.63) is 39.7 Å². The number of carbonyl (C=O) groups is 1. The van der Waals surface area contributed by atoms with E-state index in [1.807, 2.05) is 15.9 Å². The van der Waals surface area contributed by atoms with Gasteiger partial charge in [-0.1, -0.05) is 13.8 Å². The summed E-state index contributed by atoms with van der Waals surface area (Å²) in [7, 11) is 0. The molecule has 7 heteroatoms. The Bertz CT molecular complexity index is 1490. The summed E-state index contributed by atoms with van der Waals surface area (Å²) < 4.78 is 1.97. The normalized spacial score (nSPS) is 24.0. The van der Waals surface area contributed by atoms with Crippen molar-refractivity contribution in [1.29, 1.82) is 0 Å². The smallest absolute Gasteiger partial charge is 0.158 e. The van der Waals surface area contributed by atoms with Crippen molar-refractivity contribution in [2.24, 2.45) is 0 Å². The summed E-state index contributed by atoms with van der Waals surface area (Å²) in [6.45, 7) is 9.38. The second-order valence-corrected chi connectivity index (χ2v) is 12.7. The maximum absolute atomic E-state index is 11.8. The summed E-state index contributed by atoms with van der Waals surface area (Å²) in [6, 6.07) is 1.13. The molecule has 0 saturated carbocycles. The lowest BCUT2D eigenvalue weighted by Gasteiger charge is -2.38. The Morgan fingerprint density at radius 1 is 1.19 bits per heavy atom. The number of pyridine rings is 1. The Labute approximate surface area is 216 Å². The average molecular weight is 502 g/mol. The van der Waals surface area contributed by atoms with Crippen LogP contribution >= 0.6 is 11.3 Å². The Morgan fingerprint density at radius 2 is 1.94 bits per heavy atom. The second kappa shape index (κ2) is 8.25. The van der Waals surface area contributed by atoms with E-state index in [1.54, 1.807) is 18.1 Å². The molecule has 0 spiro atoms. The fourth-order valence-electron chi connectivity index (χ4n) is 7.70. The number of aromatic nitrogens is 4. The zero-order valence-electron chi connectivity index (χ0n) is 21.7. The molecule has 0 aromatic carbocycles. The SMILES string of the molecule is CC(=O)CN1C2CCC1CC(c1sc3[nH]c(-c4cn5ncnc5c5c4CCC5)c(C(C)C)c3c1C)C2. The Hall–Kier alpha value is -2.51. The predicted octanol–water partition coefficient (Wildman–Crippen LogP) is 6.16. The largest absolute Gasteiger partial charge is 0.346 e. The van der Waals surface area contributed by atoms with Gasteiger partial charge in [0.15, 0.2) is 5.65 Å². The molecule has 6 heterocycles. The van der Waals surface area contributed by atoms with Crippen molar-refractivity contribution in [3.8, 4) is 11.3 Å². The molecule has 2 unspecified atom stereocenters. The number of hydrogen-bond donors (Lipinski definition) is 1. The maximum atomic E-state index is 11.8. The van der Waals surface area contributed by atoms with E-state index in [4.69, 9.17) is 0 Å². The van der Waals surface area contributed by atoms with E-state index >= 15 is 0 Å². The van der Waals surface area contributed by atoms with Gasteiger partial charge in [0.2, 0.25) is 0 Å². The lowest BCUT2D eigenvalue weighted by molar-refractivity contribution is -0.119. The lowest BCUT2D eigenvalue weighted by Crippen LogP contribution is -2.44. The van der Waals surface area contributed by atoms with E-state index in [2.05, 4.69) is 46.9 Å². The first-order valence-electron chi connectivity index (χ1n) is 13.6. The van der Waals surface area contributed by atoms with Crippen LogP contribution in [0.4, 0.5) is 0 Å². The summed E-state index contributed by atoms with van der Waals surface area (Å²) in [4.78, 5) is 25.7. The topological polar surface area (TPSA) is 66.3 Å². The zero-order valence-corrected chi connectivity index (χ0v) is 22.5. The first kappa shape index (κ1) is 22.7. The van der Waals surface area contributed by atoms with Crippen molar-refractivity contribution in [2.45, 2.75) is 96.6 Å². The molecule has 0 amide bonds. The van der Waals surface area contributed by atoms with E-state index < -0.39 is 0 Å². The summed E-state index contributed by atoms with van der Waals surface area (Å²) in [5.74, 6) is 1.33. The van der Waals surface area contributed by atoms with Gasteiger partial charge in [0.05, 0.1) is 12.2 Å². The molecule has 36 heavy (non-hydrogen) atoms. The Kier molecular flexibility index (Phi) is 5.20. The van der Waals surface area contributed by atoms with E-state index in [0.717, 1.165) is 18.5 Å². The molecule has 3 aliphatic rings. The number of carbonyl (C=O) groups excluding carboxylic acids is 1. The molecular formula is C29H35N5OS. The fourth-order valence-corrected chi connectivity index (χ4v) is 9.05. The van der Waals surface area contributed by atoms with Crippen molar-refractivity contribution in [3.63, 3.8) is 0 Å². The van der Waals surface area contributed by atoms with E-state index in [1.165, 1.54) is 75.8 Å². The molecule has 4 aromatic heterocycles. The quantitative estimate of drug-likeness (QED) is 0.356.